The molecule has 20 heavy (non-hydrogen) atoms. The number of nitrogens with zero attached hydrogens (tertiary/aromatic N) is 1. The third-order valence-corrected chi connectivity index (χ3v) is 3.16. The van der Waals surface area contributed by atoms with Crippen molar-refractivity contribution < 1.29 is 9.21 Å². The number of aryl methyl sites for hydroxylation is 1. The van der Waals surface area contributed by atoms with Crippen molar-refractivity contribution in [2.24, 2.45) is 0 Å². The minimum absolute atomic E-state index is 0.102. The molecule has 2 rings (SSSR count). The highest BCUT2D eigenvalue weighted by Crippen LogP contribution is 2.17. The van der Waals surface area contributed by atoms with Crippen molar-refractivity contribution in [2.75, 3.05) is 19.0 Å². The smallest absolute Gasteiger partial charge is 0.251 e. The zero-order chi connectivity index (χ0) is 14.7. The number of hydrogen-bond acceptors (Lipinski definition) is 3. The molecule has 0 fully saturated rings. The van der Waals surface area contributed by atoms with E-state index in [4.69, 9.17) is 4.42 Å². The largest absolute Gasteiger partial charge is 0.464 e. The van der Waals surface area contributed by atoms with Gasteiger partial charge in [-0.15, -0.1) is 0 Å². The number of carbonyl (C=O) groups is 1. The van der Waals surface area contributed by atoms with Crippen LogP contribution in [-0.2, 0) is 0 Å². The van der Waals surface area contributed by atoms with Crippen molar-refractivity contribution in [1.29, 1.82) is 0 Å². The Morgan fingerprint density at radius 1 is 1.25 bits per heavy atom. The van der Waals surface area contributed by atoms with Gasteiger partial charge in [-0.3, -0.25) is 4.79 Å². The average Bonchev–Trinajstić information content (AvgIpc) is 2.85. The zero-order valence-electron chi connectivity index (χ0n) is 12.3. The maximum atomic E-state index is 12.2. The van der Waals surface area contributed by atoms with Gasteiger partial charge in [0.05, 0.1) is 6.04 Å². The van der Waals surface area contributed by atoms with Gasteiger partial charge in [0.1, 0.15) is 11.5 Å². The van der Waals surface area contributed by atoms with E-state index in [-0.39, 0.29) is 11.9 Å². The predicted molar refractivity (Wildman–Crippen MR) is 80.1 cm³/mol. The van der Waals surface area contributed by atoms with Crippen LogP contribution in [0.25, 0.3) is 0 Å². The lowest BCUT2D eigenvalue weighted by molar-refractivity contribution is 0.0935. The summed E-state index contributed by atoms with van der Waals surface area (Å²) in [6.45, 7) is 3.80. The third-order valence-electron chi connectivity index (χ3n) is 3.16. The lowest BCUT2D eigenvalue weighted by Crippen LogP contribution is -2.26. The molecule has 1 aromatic heterocycles. The number of amides is 1. The van der Waals surface area contributed by atoms with Gasteiger partial charge >= 0.3 is 0 Å². The maximum Gasteiger partial charge on any atom is 0.251 e. The minimum Gasteiger partial charge on any atom is -0.464 e. The summed E-state index contributed by atoms with van der Waals surface area (Å²) in [5.41, 5.74) is 1.64. The van der Waals surface area contributed by atoms with Gasteiger partial charge in [0.25, 0.3) is 5.91 Å². The number of anilines is 1. The zero-order valence-corrected chi connectivity index (χ0v) is 12.3. The number of hydrogen-bond donors (Lipinski definition) is 1. The predicted octanol–water partition coefficient (Wildman–Crippen LogP) is 3.15. The lowest BCUT2D eigenvalue weighted by atomic mass is 10.1. The van der Waals surface area contributed by atoms with Crippen molar-refractivity contribution in [3.8, 4) is 0 Å². The molecule has 0 aliphatic heterocycles. The Bertz CT molecular complexity index is 602. The molecule has 1 heterocycles. The van der Waals surface area contributed by atoms with E-state index in [9.17, 15) is 4.79 Å². The van der Waals surface area contributed by atoms with Gasteiger partial charge in [-0.1, -0.05) is 6.07 Å². The summed E-state index contributed by atoms with van der Waals surface area (Å²) in [4.78, 5) is 14.2. The van der Waals surface area contributed by atoms with Gasteiger partial charge in [0.2, 0.25) is 0 Å². The van der Waals surface area contributed by atoms with Crippen LogP contribution < -0.4 is 10.2 Å². The summed E-state index contributed by atoms with van der Waals surface area (Å²) in [6, 6.07) is 11.2. The molecular weight excluding hydrogens is 252 g/mol. The molecule has 4 nitrogen and oxygen atoms in total. The summed E-state index contributed by atoms with van der Waals surface area (Å²) in [6.07, 6.45) is 0. The molecule has 1 aromatic carbocycles. The third kappa shape index (κ3) is 3.20. The lowest BCUT2D eigenvalue weighted by Gasteiger charge is -2.15. The van der Waals surface area contributed by atoms with E-state index < -0.39 is 0 Å². The van der Waals surface area contributed by atoms with E-state index in [1.54, 1.807) is 0 Å². The molecule has 0 aliphatic carbocycles. The molecule has 0 bridgehead atoms. The first-order valence-corrected chi connectivity index (χ1v) is 6.62. The van der Waals surface area contributed by atoms with E-state index in [0.717, 1.165) is 17.2 Å². The second-order valence-corrected chi connectivity index (χ2v) is 5.09. The Morgan fingerprint density at radius 2 is 2.00 bits per heavy atom. The Morgan fingerprint density at radius 3 is 2.60 bits per heavy atom. The van der Waals surface area contributed by atoms with Gasteiger partial charge in [-0.25, -0.2) is 0 Å². The Labute approximate surface area is 119 Å². The fourth-order valence-electron chi connectivity index (χ4n) is 1.96. The van der Waals surface area contributed by atoms with Gasteiger partial charge in [-0.2, -0.15) is 0 Å². The second kappa shape index (κ2) is 5.82. The topological polar surface area (TPSA) is 45.5 Å². The molecule has 1 atom stereocenters. The molecule has 4 heteroatoms. The van der Waals surface area contributed by atoms with Crippen LogP contribution in [0.5, 0.6) is 0 Å². The minimum atomic E-state index is -0.154. The monoisotopic (exact) mass is 272 g/mol. The highest BCUT2D eigenvalue weighted by molar-refractivity contribution is 5.95. The molecule has 0 unspecified atom stereocenters. The van der Waals surface area contributed by atoms with Crippen LogP contribution in [-0.4, -0.2) is 20.0 Å². The first-order chi connectivity index (χ1) is 9.47. The number of nitrogens with one attached hydrogen (secondary N) is 1. The number of furan rings is 1. The highest BCUT2D eigenvalue weighted by atomic mass is 16.3. The van der Waals surface area contributed by atoms with Crippen LogP contribution in [0.4, 0.5) is 5.69 Å². The van der Waals surface area contributed by atoms with Crippen molar-refractivity contribution >= 4 is 11.6 Å². The van der Waals surface area contributed by atoms with Crippen LogP contribution >= 0.6 is 0 Å². The van der Waals surface area contributed by atoms with Crippen molar-refractivity contribution in [1.82, 2.24) is 5.32 Å². The van der Waals surface area contributed by atoms with Crippen LogP contribution in [0.15, 0.2) is 40.8 Å². The van der Waals surface area contributed by atoms with Gasteiger partial charge < -0.3 is 14.6 Å². The summed E-state index contributed by atoms with van der Waals surface area (Å²) in [5.74, 6) is 1.51. The van der Waals surface area contributed by atoms with E-state index in [0.29, 0.717) is 5.56 Å². The quantitative estimate of drug-likeness (QED) is 0.930. The van der Waals surface area contributed by atoms with Gasteiger partial charge in [0, 0.05) is 25.3 Å². The number of rotatable bonds is 4. The molecule has 0 saturated heterocycles. The Hall–Kier alpha value is -2.23. The molecular formula is C16H20N2O2. The van der Waals surface area contributed by atoms with E-state index in [1.807, 2.05) is 69.2 Å². The fourth-order valence-corrected chi connectivity index (χ4v) is 1.96. The van der Waals surface area contributed by atoms with Crippen LogP contribution in [0, 0.1) is 6.92 Å². The van der Waals surface area contributed by atoms with Crippen LogP contribution in [0.3, 0.4) is 0 Å². The van der Waals surface area contributed by atoms with E-state index in [2.05, 4.69) is 5.32 Å². The standard InChI is InChI=1S/C16H20N2O2/c1-11-8-9-15(20-11)12(2)17-16(19)13-6-5-7-14(10-13)18(3)4/h5-10,12H,1-4H3,(H,17,19)/t12-/m0/s1. The van der Waals surface area contributed by atoms with E-state index in [1.165, 1.54) is 0 Å². The molecule has 1 amide bonds. The van der Waals surface area contributed by atoms with Gasteiger partial charge in [-0.05, 0) is 44.2 Å². The fraction of sp³-hybridized carbons (Fsp3) is 0.312. The molecule has 0 saturated carbocycles. The Kier molecular flexibility index (Phi) is 4.13. The summed E-state index contributed by atoms with van der Waals surface area (Å²) in [5, 5.41) is 2.94. The molecule has 0 radical (unpaired) electrons. The van der Waals surface area contributed by atoms with Crippen LogP contribution in [0.2, 0.25) is 0 Å². The van der Waals surface area contributed by atoms with Gasteiger partial charge in [0.15, 0.2) is 0 Å². The summed E-state index contributed by atoms with van der Waals surface area (Å²) >= 11 is 0. The highest BCUT2D eigenvalue weighted by Gasteiger charge is 2.14. The van der Waals surface area contributed by atoms with Crippen molar-refractivity contribution in [3.63, 3.8) is 0 Å². The Balaban J connectivity index is 2.10. The SMILES string of the molecule is Cc1ccc([C@H](C)NC(=O)c2cccc(N(C)C)c2)o1. The molecule has 2 aromatic rings. The first-order valence-electron chi connectivity index (χ1n) is 6.62. The number of benzene rings is 1. The molecule has 106 valence electrons. The average molecular weight is 272 g/mol. The summed E-state index contributed by atoms with van der Waals surface area (Å²) in [7, 11) is 3.90. The van der Waals surface area contributed by atoms with E-state index >= 15 is 0 Å². The van der Waals surface area contributed by atoms with Crippen molar-refractivity contribution in [3.05, 3.63) is 53.5 Å². The number of carbonyl (C=O) groups excluding carboxylic acids is 1. The van der Waals surface area contributed by atoms with Crippen LogP contribution in [0.1, 0.15) is 34.8 Å². The normalized spacial score (nSPS) is 12.0. The molecule has 0 spiro atoms. The summed E-state index contributed by atoms with van der Waals surface area (Å²) < 4.78 is 5.52. The molecule has 0 aliphatic rings. The molecule has 1 N–H and O–H groups in total. The van der Waals surface area contributed by atoms with Crippen molar-refractivity contribution in [2.45, 2.75) is 19.9 Å². The maximum absolute atomic E-state index is 12.2. The second-order valence-electron chi connectivity index (χ2n) is 5.09. The first kappa shape index (κ1) is 14.2.